The van der Waals surface area contributed by atoms with Crippen molar-refractivity contribution in [2.24, 2.45) is 0 Å². The van der Waals surface area contributed by atoms with Gasteiger partial charge in [-0.25, -0.2) is 9.97 Å². The molecule has 1 aliphatic heterocycles. The highest BCUT2D eigenvalue weighted by Crippen LogP contribution is 2.20. The molecule has 0 unspecified atom stereocenters. The summed E-state index contributed by atoms with van der Waals surface area (Å²) in [7, 11) is 0. The smallest absolute Gasteiger partial charge is 0.341 e. The van der Waals surface area contributed by atoms with Gasteiger partial charge in [-0.15, -0.1) is 0 Å². The van der Waals surface area contributed by atoms with Crippen LogP contribution in [0.4, 0.5) is 24.8 Å². The molecule has 1 saturated heterocycles. The SMILES string of the molecule is O=C(CC(F)(F)F)Nc1cnc(N2CCCC2)nc1. The predicted molar refractivity (Wildman–Crippen MR) is 62.8 cm³/mol. The molecule has 1 aromatic rings. The van der Waals surface area contributed by atoms with E-state index in [4.69, 9.17) is 0 Å². The van der Waals surface area contributed by atoms with Gasteiger partial charge in [-0.2, -0.15) is 13.2 Å². The lowest BCUT2D eigenvalue weighted by atomic mass is 10.4. The van der Waals surface area contributed by atoms with E-state index in [1.165, 1.54) is 12.4 Å². The third kappa shape index (κ3) is 4.08. The lowest BCUT2D eigenvalue weighted by Gasteiger charge is -2.14. The van der Waals surface area contributed by atoms with Crippen molar-refractivity contribution in [3.8, 4) is 0 Å². The third-order valence-corrected chi connectivity index (χ3v) is 2.67. The number of nitrogens with one attached hydrogen (secondary N) is 1. The summed E-state index contributed by atoms with van der Waals surface area (Å²) in [6.45, 7) is 1.75. The van der Waals surface area contributed by atoms with Gasteiger partial charge in [-0.05, 0) is 12.8 Å². The van der Waals surface area contributed by atoms with Crippen LogP contribution in [0.1, 0.15) is 19.3 Å². The normalized spacial score (nSPS) is 15.6. The molecule has 1 fully saturated rings. The standard InChI is InChI=1S/C11H13F3N4O/c12-11(13,14)5-9(19)17-8-6-15-10(16-7-8)18-3-1-2-4-18/h6-7H,1-5H2,(H,17,19). The van der Waals surface area contributed by atoms with Crippen molar-refractivity contribution in [1.82, 2.24) is 9.97 Å². The Morgan fingerprint density at radius 3 is 2.37 bits per heavy atom. The summed E-state index contributed by atoms with van der Waals surface area (Å²) in [5.74, 6) is -0.587. The van der Waals surface area contributed by atoms with Crippen molar-refractivity contribution < 1.29 is 18.0 Å². The van der Waals surface area contributed by atoms with E-state index in [1.54, 1.807) is 0 Å². The average molecular weight is 274 g/mol. The fraction of sp³-hybridized carbons (Fsp3) is 0.545. The van der Waals surface area contributed by atoms with Gasteiger partial charge in [0.25, 0.3) is 0 Å². The molecule has 19 heavy (non-hydrogen) atoms. The topological polar surface area (TPSA) is 58.1 Å². The van der Waals surface area contributed by atoms with Crippen LogP contribution in [0.5, 0.6) is 0 Å². The molecular weight excluding hydrogens is 261 g/mol. The Hall–Kier alpha value is -1.86. The van der Waals surface area contributed by atoms with Gasteiger partial charge in [0.05, 0.1) is 18.1 Å². The summed E-state index contributed by atoms with van der Waals surface area (Å²) < 4.78 is 35.9. The zero-order valence-corrected chi connectivity index (χ0v) is 10.1. The summed E-state index contributed by atoms with van der Waals surface area (Å²) in [6, 6.07) is 0. The van der Waals surface area contributed by atoms with Gasteiger partial charge in [0.15, 0.2) is 0 Å². The second-order valence-corrected chi connectivity index (χ2v) is 4.31. The predicted octanol–water partition coefficient (Wildman–Crippen LogP) is 1.97. The highest BCUT2D eigenvalue weighted by Gasteiger charge is 2.31. The first-order chi connectivity index (χ1) is 8.94. The van der Waals surface area contributed by atoms with E-state index in [0.29, 0.717) is 5.95 Å². The van der Waals surface area contributed by atoms with Crippen LogP contribution in [-0.2, 0) is 4.79 Å². The molecule has 0 atom stereocenters. The Morgan fingerprint density at radius 1 is 1.26 bits per heavy atom. The summed E-state index contributed by atoms with van der Waals surface area (Å²) >= 11 is 0. The van der Waals surface area contributed by atoms with Crippen molar-refractivity contribution in [1.29, 1.82) is 0 Å². The van der Waals surface area contributed by atoms with Gasteiger partial charge < -0.3 is 10.2 Å². The van der Waals surface area contributed by atoms with E-state index in [0.717, 1.165) is 25.9 Å². The number of nitrogens with zero attached hydrogens (tertiary/aromatic N) is 3. The van der Waals surface area contributed by atoms with Crippen LogP contribution in [0.25, 0.3) is 0 Å². The molecule has 0 aromatic carbocycles. The quantitative estimate of drug-likeness (QED) is 0.915. The Kier molecular flexibility index (Phi) is 3.87. The van der Waals surface area contributed by atoms with Crippen molar-refractivity contribution in [3.63, 3.8) is 0 Å². The van der Waals surface area contributed by atoms with Gasteiger partial charge >= 0.3 is 6.18 Å². The maximum absolute atomic E-state index is 12.0. The van der Waals surface area contributed by atoms with Gasteiger partial charge in [0.1, 0.15) is 6.42 Å². The molecule has 0 spiro atoms. The molecule has 2 heterocycles. The summed E-state index contributed by atoms with van der Waals surface area (Å²) in [5, 5.41) is 2.11. The van der Waals surface area contributed by atoms with E-state index < -0.39 is 18.5 Å². The molecule has 2 rings (SSSR count). The van der Waals surface area contributed by atoms with Crippen molar-refractivity contribution in [3.05, 3.63) is 12.4 Å². The van der Waals surface area contributed by atoms with Crippen LogP contribution in [0.3, 0.4) is 0 Å². The molecule has 0 bridgehead atoms. The summed E-state index contributed by atoms with van der Waals surface area (Å²) in [6.07, 6.45) is -1.24. The highest BCUT2D eigenvalue weighted by atomic mass is 19.4. The maximum Gasteiger partial charge on any atom is 0.397 e. The maximum atomic E-state index is 12.0. The third-order valence-electron chi connectivity index (χ3n) is 2.67. The first-order valence-electron chi connectivity index (χ1n) is 5.88. The number of hydrogen-bond acceptors (Lipinski definition) is 4. The minimum absolute atomic E-state index is 0.164. The lowest BCUT2D eigenvalue weighted by Crippen LogP contribution is -2.22. The van der Waals surface area contributed by atoms with Crippen LogP contribution < -0.4 is 10.2 Å². The second-order valence-electron chi connectivity index (χ2n) is 4.31. The fourth-order valence-corrected chi connectivity index (χ4v) is 1.85. The number of amides is 1. The molecule has 5 nitrogen and oxygen atoms in total. The molecule has 0 saturated carbocycles. The monoisotopic (exact) mass is 274 g/mol. The minimum atomic E-state index is -4.51. The number of hydrogen-bond donors (Lipinski definition) is 1. The first kappa shape index (κ1) is 13.6. The average Bonchev–Trinajstić information content (AvgIpc) is 2.80. The molecule has 1 aliphatic rings. The number of carbonyl (C=O) groups is 1. The molecule has 8 heteroatoms. The van der Waals surface area contributed by atoms with Crippen LogP contribution in [0.2, 0.25) is 0 Å². The molecule has 1 N–H and O–H groups in total. The van der Waals surface area contributed by atoms with Gasteiger partial charge in [0, 0.05) is 13.1 Å². The minimum Gasteiger partial charge on any atom is -0.341 e. The zero-order valence-electron chi connectivity index (χ0n) is 10.1. The summed E-state index contributed by atoms with van der Waals surface area (Å²) in [5.41, 5.74) is 0.164. The van der Waals surface area contributed by atoms with Crippen molar-refractivity contribution >= 4 is 17.5 Å². The number of alkyl halides is 3. The van der Waals surface area contributed by atoms with E-state index in [1.807, 2.05) is 4.90 Å². The van der Waals surface area contributed by atoms with Gasteiger partial charge in [0.2, 0.25) is 11.9 Å². The van der Waals surface area contributed by atoms with E-state index in [9.17, 15) is 18.0 Å². The van der Waals surface area contributed by atoms with Crippen molar-refractivity contribution in [2.45, 2.75) is 25.4 Å². The Labute approximate surface area is 107 Å². The molecule has 0 radical (unpaired) electrons. The molecule has 0 aliphatic carbocycles. The van der Waals surface area contributed by atoms with E-state index in [2.05, 4.69) is 15.3 Å². The molecule has 1 amide bonds. The Bertz CT molecular complexity index is 440. The number of halogens is 3. The highest BCUT2D eigenvalue weighted by molar-refractivity contribution is 5.90. The van der Waals surface area contributed by atoms with Gasteiger partial charge in [-0.3, -0.25) is 4.79 Å². The number of rotatable bonds is 3. The fourth-order valence-electron chi connectivity index (χ4n) is 1.85. The van der Waals surface area contributed by atoms with Crippen LogP contribution in [0, 0.1) is 0 Å². The van der Waals surface area contributed by atoms with Crippen molar-refractivity contribution in [2.75, 3.05) is 23.3 Å². The Morgan fingerprint density at radius 2 is 1.84 bits per heavy atom. The van der Waals surface area contributed by atoms with Gasteiger partial charge in [-0.1, -0.05) is 0 Å². The largest absolute Gasteiger partial charge is 0.397 e. The molecule has 104 valence electrons. The first-order valence-corrected chi connectivity index (χ1v) is 5.88. The van der Waals surface area contributed by atoms with E-state index >= 15 is 0 Å². The lowest BCUT2D eigenvalue weighted by molar-refractivity contribution is -0.150. The van der Waals surface area contributed by atoms with Crippen LogP contribution in [-0.4, -0.2) is 35.1 Å². The Balaban J connectivity index is 1.93. The van der Waals surface area contributed by atoms with Crippen LogP contribution >= 0.6 is 0 Å². The summed E-state index contributed by atoms with van der Waals surface area (Å²) in [4.78, 5) is 21.1. The number of anilines is 2. The molecule has 1 aromatic heterocycles. The zero-order chi connectivity index (χ0) is 13.9. The van der Waals surface area contributed by atoms with E-state index in [-0.39, 0.29) is 5.69 Å². The number of aromatic nitrogens is 2. The molecular formula is C11H13F3N4O. The van der Waals surface area contributed by atoms with Crippen LogP contribution in [0.15, 0.2) is 12.4 Å². The second kappa shape index (κ2) is 5.41. The number of carbonyl (C=O) groups excluding carboxylic acids is 1.